The van der Waals surface area contributed by atoms with Gasteiger partial charge in [0.05, 0.1) is 11.5 Å². The Labute approximate surface area is 117 Å². The van der Waals surface area contributed by atoms with Crippen molar-refractivity contribution >= 4 is 23.2 Å². The third kappa shape index (κ3) is 3.81. The predicted octanol–water partition coefficient (Wildman–Crippen LogP) is 1.12. The van der Waals surface area contributed by atoms with Crippen molar-refractivity contribution in [3.63, 3.8) is 0 Å². The van der Waals surface area contributed by atoms with Crippen molar-refractivity contribution in [3.05, 3.63) is 22.2 Å². The van der Waals surface area contributed by atoms with Gasteiger partial charge in [0.25, 0.3) is 0 Å². The van der Waals surface area contributed by atoms with E-state index in [1.54, 1.807) is 0 Å². The lowest BCUT2D eigenvalue weighted by atomic mass is 10.2. The number of hydrogen-bond acceptors (Lipinski definition) is 6. The van der Waals surface area contributed by atoms with Crippen LogP contribution in [0.25, 0.3) is 0 Å². The number of nitrogens with two attached hydrogens (primary N) is 1. The van der Waals surface area contributed by atoms with Crippen LogP contribution in [0, 0.1) is 10.1 Å². The van der Waals surface area contributed by atoms with Crippen LogP contribution in [0.2, 0.25) is 0 Å². The Kier molecular flexibility index (Phi) is 5.24. The molecule has 0 bridgehead atoms. The van der Waals surface area contributed by atoms with Crippen LogP contribution in [0.3, 0.4) is 0 Å². The normalized spacial score (nSPS) is 10.4. The van der Waals surface area contributed by atoms with E-state index in [0.717, 1.165) is 0 Å². The van der Waals surface area contributed by atoms with Gasteiger partial charge in [-0.3, -0.25) is 14.9 Å². The second kappa shape index (κ2) is 6.69. The molecule has 20 heavy (non-hydrogen) atoms. The number of pyridine rings is 1. The number of nitrogens with zero attached hydrogens (tertiary/aromatic N) is 3. The summed E-state index contributed by atoms with van der Waals surface area (Å²) in [4.78, 5) is 27.5. The smallest absolute Gasteiger partial charge is 0.311 e. The van der Waals surface area contributed by atoms with Gasteiger partial charge in [-0.05, 0) is 26.8 Å². The van der Waals surface area contributed by atoms with Gasteiger partial charge >= 0.3 is 5.69 Å². The van der Waals surface area contributed by atoms with E-state index >= 15 is 0 Å². The molecule has 0 unspecified atom stereocenters. The number of carbonyl (C=O) groups is 1. The zero-order valence-corrected chi connectivity index (χ0v) is 11.8. The third-order valence-corrected chi connectivity index (χ3v) is 2.63. The van der Waals surface area contributed by atoms with E-state index in [-0.39, 0.29) is 24.1 Å². The van der Waals surface area contributed by atoms with Gasteiger partial charge in [0.15, 0.2) is 0 Å². The SMILES string of the molecule is CCNc1ccc([N+](=O)[O-])c(N(CC(N)=O)C(C)C)n1. The molecular weight excluding hydrogens is 262 g/mol. The topological polar surface area (TPSA) is 114 Å². The number of carbonyl (C=O) groups excluding carboxylic acids is 1. The van der Waals surface area contributed by atoms with E-state index in [0.29, 0.717) is 12.4 Å². The molecule has 0 radical (unpaired) electrons. The Balaban J connectivity index is 3.30. The maximum atomic E-state index is 11.1. The molecule has 1 amide bonds. The van der Waals surface area contributed by atoms with Crippen LogP contribution in [-0.4, -0.2) is 34.9 Å². The molecule has 1 aromatic rings. The summed E-state index contributed by atoms with van der Waals surface area (Å²) in [5.74, 6) is 0.0918. The molecule has 3 N–H and O–H groups in total. The molecule has 0 atom stereocenters. The summed E-state index contributed by atoms with van der Waals surface area (Å²) in [5.41, 5.74) is 5.05. The van der Waals surface area contributed by atoms with Crippen molar-refractivity contribution in [1.82, 2.24) is 4.98 Å². The van der Waals surface area contributed by atoms with E-state index in [4.69, 9.17) is 5.73 Å². The van der Waals surface area contributed by atoms with Gasteiger partial charge in [-0.2, -0.15) is 0 Å². The molecule has 0 aliphatic rings. The summed E-state index contributed by atoms with van der Waals surface area (Å²) >= 11 is 0. The first kappa shape index (κ1) is 15.7. The van der Waals surface area contributed by atoms with Crippen molar-refractivity contribution in [2.24, 2.45) is 5.73 Å². The van der Waals surface area contributed by atoms with Gasteiger partial charge in [-0.1, -0.05) is 0 Å². The summed E-state index contributed by atoms with van der Waals surface area (Å²) in [6, 6.07) is 2.76. The minimum absolute atomic E-state index is 0.124. The minimum atomic E-state index is -0.566. The largest absolute Gasteiger partial charge is 0.370 e. The quantitative estimate of drug-likeness (QED) is 0.571. The molecule has 0 fully saturated rings. The molecule has 0 saturated carbocycles. The van der Waals surface area contributed by atoms with Crippen molar-refractivity contribution in [1.29, 1.82) is 0 Å². The van der Waals surface area contributed by atoms with E-state index in [2.05, 4.69) is 10.3 Å². The standard InChI is InChI=1S/C12H19N5O3/c1-4-14-11-6-5-9(17(19)20)12(15-11)16(8(2)3)7-10(13)18/h5-6,8H,4,7H2,1-3H3,(H2,13,18)(H,14,15). The monoisotopic (exact) mass is 281 g/mol. The Bertz CT molecular complexity index is 504. The second-order valence-electron chi connectivity index (χ2n) is 4.51. The van der Waals surface area contributed by atoms with Gasteiger partial charge in [-0.25, -0.2) is 4.98 Å². The molecule has 1 rings (SSSR count). The highest BCUT2D eigenvalue weighted by atomic mass is 16.6. The van der Waals surface area contributed by atoms with Crippen molar-refractivity contribution in [3.8, 4) is 0 Å². The number of nitro groups is 1. The minimum Gasteiger partial charge on any atom is -0.370 e. The van der Waals surface area contributed by atoms with Gasteiger partial charge in [0.2, 0.25) is 11.7 Å². The summed E-state index contributed by atoms with van der Waals surface area (Å²) in [6.07, 6.45) is 0. The fraction of sp³-hybridized carbons (Fsp3) is 0.500. The van der Waals surface area contributed by atoms with Crippen LogP contribution < -0.4 is 16.0 Å². The van der Waals surface area contributed by atoms with Crippen molar-refractivity contribution in [2.45, 2.75) is 26.8 Å². The lowest BCUT2D eigenvalue weighted by Gasteiger charge is -2.26. The van der Waals surface area contributed by atoms with E-state index in [1.807, 2.05) is 20.8 Å². The molecule has 110 valence electrons. The number of anilines is 2. The van der Waals surface area contributed by atoms with Gasteiger partial charge in [0.1, 0.15) is 5.82 Å². The highest BCUT2D eigenvalue weighted by molar-refractivity contribution is 5.80. The highest BCUT2D eigenvalue weighted by Gasteiger charge is 2.25. The number of nitrogens with one attached hydrogen (secondary N) is 1. The Morgan fingerprint density at radius 1 is 1.55 bits per heavy atom. The first-order chi connectivity index (χ1) is 9.36. The number of hydrogen-bond donors (Lipinski definition) is 2. The van der Waals surface area contributed by atoms with Crippen LogP contribution >= 0.6 is 0 Å². The van der Waals surface area contributed by atoms with Gasteiger partial charge < -0.3 is 16.0 Å². The summed E-state index contributed by atoms with van der Waals surface area (Å²) in [5, 5.41) is 14.1. The number of primary amides is 1. The summed E-state index contributed by atoms with van der Waals surface area (Å²) in [6.45, 7) is 6.04. The van der Waals surface area contributed by atoms with E-state index < -0.39 is 10.8 Å². The zero-order chi connectivity index (χ0) is 15.3. The average molecular weight is 281 g/mol. The molecule has 8 heteroatoms. The summed E-state index contributed by atoms with van der Waals surface area (Å²) in [7, 11) is 0. The first-order valence-electron chi connectivity index (χ1n) is 6.31. The van der Waals surface area contributed by atoms with Crippen molar-refractivity contribution < 1.29 is 9.72 Å². The van der Waals surface area contributed by atoms with Crippen LogP contribution in [0.15, 0.2) is 12.1 Å². The third-order valence-electron chi connectivity index (χ3n) is 2.63. The predicted molar refractivity (Wildman–Crippen MR) is 76.7 cm³/mol. The summed E-state index contributed by atoms with van der Waals surface area (Å²) < 4.78 is 0. The molecule has 1 aromatic heterocycles. The maximum absolute atomic E-state index is 11.1. The number of aromatic nitrogens is 1. The fourth-order valence-corrected chi connectivity index (χ4v) is 1.74. The molecule has 0 saturated heterocycles. The van der Waals surface area contributed by atoms with E-state index in [1.165, 1.54) is 17.0 Å². The maximum Gasteiger partial charge on any atom is 0.311 e. The lowest BCUT2D eigenvalue weighted by molar-refractivity contribution is -0.384. The number of rotatable bonds is 7. The molecule has 8 nitrogen and oxygen atoms in total. The van der Waals surface area contributed by atoms with Gasteiger partial charge in [-0.15, -0.1) is 0 Å². The molecule has 0 spiro atoms. The molecule has 0 aliphatic carbocycles. The highest BCUT2D eigenvalue weighted by Crippen LogP contribution is 2.28. The zero-order valence-electron chi connectivity index (χ0n) is 11.8. The molecule has 1 heterocycles. The molecule has 0 aromatic carbocycles. The average Bonchev–Trinajstić information content (AvgIpc) is 2.35. The molecule has 0 aliphatic heterocycles. The second-order valence-corrected chi connectivity index (χ2v) is 4.51. The van der Waals surface area contributed by atoms with Crippen molar-refractivity contribution in [2.75, 3.05) is 23.3 Å². The van der Waals surface area contributed by atoms with Crippen LogP contribution in [0.5, 0.6) is 0 Å². The van der Waals surface area contributed by atoms with E-state index in [9.17, 15) is 14.9 Å². The lowest BCUT2D eigenvalue weighted by Crippen LogP contribution is -2.39. The fourth-order valence-electron chi connectivity index (χ4n) is 1.74. The van der Waals surface area contributed by atoms with Crippen LogP contribution in [0.1, 0.15) is 20.8 Å². The van der Waals surface area contributed by atoms with Gasteiger partial charge in [0, 0.05) is 18.7 Å². The first-order valence-corrected chi connectivity index (χ1v) is 6.31. The number of amides is 1. The Hall–Kier alpha value is -2.38. The Morgan fingerprint density at radius 3 is 2.65 bits per heavy atom. The van der Waals surface area contributed by atoms with Crippen LogP contribution in [0.4, 0.5) is 17.3 Å². The van der Waals surface area contributed by atoms with Crippen LogP contribution in [-0.2, 0) is 4.79 Å². The molecular formula is C12H19N5O3. The Morgan fingerprint density at radius 2 is 2.20 bits per heavy atom.